The Morgan fingerprint density at radius 3 is 2.62 bits per heavy atom. The van der Waals surface area contributed by atoms with E-state index >= 15 is 0 Å². The molecule has 13 heavy (non-hydrogen) atoms. The first kappa shape index (κ1) is 10.2. The molecule has 0 heterocycles. The van der Waals surface area contributed by atoms with E-state index in [4.69, 9.17) is 4.74 Å². The van der Waals surface area contributed by atoms with Gasteiger partial charge in [0.05, 0.1) is 6.10 Å². The Bertz CT molecular complexity index is 221. The van der Waals surface area contributed by atoms with Crippen LogP contribution in [0.1, 0.15) is 12.0 Å². The van der Waals surface area contributed by atoms with Gasteiger partial charge in [-0.3, -0.25) is 0 Å². The van der Waals surface area contributed by atoms with Crippen LogP contribution in [0.2, 0.25) is 0 Å². The highest BCUT2D eigenvalue weighted by Crippen LogP contribution is 2.05. The molecule has 2 nitrogen and oxygen atoms in total. The monoisotopic (exact) mass is 180 g/mol. The summed E-state index contributed by atoms with van der Waals surface area (Å²) in [5.41, 5.74) is 1.17. The molecule has 1 aromatic rings. The molecule has 1 unspecified atom stereocenters. The topological polar surface area (TPSA) is 29.5 Å². The molecule has 0 spiro atoms. The van der Waals surface area contributed by atoms with E-state index in [1.165, 1.54) is 5.56 Å². The first-order valence-electron chi connectivity index (χ1n) is 4.54. The maximum absolute atomic E-state index is 9.55. The van der Waals surface area contributed by atoms with E-state index in [2.05, 4.69) is 0 Å². The molecular weight excluding hydrogens is 164 g/mol. The fraction of sp³-hybridized carbons (Fsp3) is 0.455. The van der Waals surface area contributed by atoms with Crippen molar-refractivity contribution in [3.05, 3.63) is 35.9 Å². The number of methoxy groups -OCH3 is 1. The molecular formula is C11H16O2. The minimum Gasteiger partial charge on any atom is -0.393 e. The molecule has 1 N–H and O–H groups in total. The van der Waals surface area contributed by atoms with Crippen LogP contribution < -0.4 is 0 Å². The van der Waals surface area contributed by atoms with Crippen LogP contribution in [0.3, 0.4) is 0 Å². The second kappa shape index (κ2) is 5.73. The molecule has 0 saturated carbocycles. The highest BCUT2D eigenvalue weighted by atomic mass is 16.5. The Labute approximate surface area is 79.2 Å². The van der Waals surface area contributed by atoms with E-state index < -0.39 is 0 Å². The Kier molecular flexibility index (Phi) is 4.50. The molecule has 0 aromatic heterocycles. The SMILES string of the molecule is COCCC(O)Cc1ccccc1. The third-order valence-electron chi connectivity index (χ3n) is 1.97. The summed E-state index contributed by atoms with van der Waals surface area (Å²) in [4.78, 5) is 0. The first-order chi connectivity index (χ1) is 6.33. The molecule has 0 amide bonds. The second-order valence-electron chi connectivity index (χ2n) is 3.13. The van der Waals surface area contributed by atoms with Crippen molar-refractivity contribution in [3.8, 4) is 0 Å². The van der Waals surface area contributed by atoms with Gasteiger partial charge in [0.1, 0.15) is 0 Å². The smallest absolute Gasteiger partial charge is 0.0602 e. The summed E-state index contributed by atoms with van der Waals surface area (Å²) in [7, 11) is 1.65. The summed E-state index contributed by atoms with van der Waals surface area (Å²) >= 11 is 0. The van der Waals surface area contributed by atoms with Crippen LogP contribution in [0.15, 0.2) is 30.3 Å². The van der Waals surface area contributed by atoms with Crippen molar-refractivity contribution in [3.63, 3.8) is 0 Å². The van der Waals surface area contributed by atoms with Gasteiger partial charge in [0.2, 0.25) is 0 Å². The third-order valence-corrected chi connectivity index (χ3v) is 1.97. The van der Waals surface area contributed by atoms with Gasteiger partial charge in [-0.25, -0.2) is 0 Å². The van der Waals surface area contributed by atoms with Gasteiger partial charge in [0.15, 0.2) is 0 Å². The van der Waals surface area contributed by atoms with Gasteiger partial charge in [-0.15, -0.1) is 0 Å². The van der Waals surface area contributed by atoms with Crippen LogP contribution in [0.4, 0.5) is 0 Å². The van der Waals surface area contributed by atoms with E-state index in [0.29, 0.717) is 19.4 Å². The average molecular weight is 180 g/mol. The summed E-state index contributed by atoms with van der Waals surface area (Å²) in [6.07, 6.45) is 1.12. The van der Waals surface area contributed by atoms with Crippen LogP contribution in [-0.2, 0) is 11.2 Å². The lowest BCUT2D eigenvalue weighted by molar-refractivity contribution is 0.110. The van der Waals surface area contributed by atoms with E-state index in [-0.39, 0.29) is 6.10 Å². The lowest BCUT2D eigenvalue weighted by Gasteiger charge is -2.09. The Morgan fingerprint density at radius 1 is 1.31 bits per heavy atom. The summed E-state index contributed by atoms with van der Waals surface area (Å²) in [6, 6.07) is 9.99. The highest BCUT2D eigenvalue weighted by molar-refractivity contribution is 5.15. The molecule has 1 atom stereocenters. The molecule has 0 bridgehead atoms. The van der Waals surface area contributed by atoms with E-state index in [1.54, 1.807) is 7.11 Å². The maximum Gasteiger partial charge on any atom is 0.0602 e. The minimum absolute atomic E-state index is 0.289. The highest BCUT2D eigenvalue weighted by Gasteiger charge is 2.03. The van der Waals surface area contributed by atoms with Crippen molar-refractivity contribution in [2.75, 3.05) is 13.7 Å². The van der Waals surface area contributed by atoms with E-state index in [1.807, 2.05) is 30.3 Å². The second-order valence-corrected chi connectivity index (χ2v) is 3.13. The molecule has 1 rings (SSSR count). The zero-order valence-corrected chi connectivity index (χ0v) is 7.94. The van der Waals surface area contributed by atoms with Crippen molar-refractivity contribution < 1.29 is 9.84 Å². The largest absolute Gasteiger partial charge is 0.393 e. The summed E-state index contributed by atoms with van der Waals surface area (Å²) in [5, 5.41) is 9.55. The van der Waals surface area contributed by atoms with Gasteiger partial charge in [0.25, 0.3) is 0 Å². The van der Waals surface area contributed by atoms with Crippen molar-refractivity contribution in [1.82, 2.24) is 0 Å². The van der Waals surface area contributed by atoms with Gasteiger partial charge in [-0.1, -0.05) is 30.3 Å². The summed E-state index contributed by atoms with van der Waals surface area (Å²) in [5.74, 6) is 0. The van der Waals surface area contributed by atoms with Crippen LogP contribution in [0.5, 0.6) is 0 Å². The fourth-order valence-corrected chi connectivity index (χ4v) is 1.24. The quantitative estimate of drug-likeness (QED) is 0.746. The fourth-order valence-electron chi connectivity index (χ4n) is 1.24. The molecule has 72 valence electrons. The number of aliphatic hydroxyl groups excluding tert-OH is 1. The molecule has 0 saturated heterocycles. The number of aliphatic hydroxyl groups is 1. The van der Waals surface area contributed by atoms with E-state index in [9.17, 15) is 5.11 Å². The molecule has 0 aliphatic rings. The molecule has 0 aliphatic heterocycles. The predicted octanol–water partition coefficient (Wildman–Crippen LogP) is 1.63. The number of rotatable bonds is 5. The van der Waals surface area contributed by atoms with Crippen LogP contribution in [0.25, 0.3) is 0 Å². The standard InChI is InChI=1S/C11H16O2/c1-13-8-7-11(12)9-10-5-3-2-4-6-10/h2-6,11-12H,7-9H2,1H3. The Morgan fingerprint density at radius 2 is 2.00 bits per heavy atom. The summed E-state index contributed by atoms with van der Waals surface area (Å²) in [6.45, 7) is 0.619. The van der Waals surface area contributed by atoms with Gasteiger partial charge >= 0.3 is 0 Å². The third kappa shape index (κ3) is 4.06. The average Bonchev–Trinajstić information content (AvgIpc) is 2.16. The van der Waals surface area contributed by atoms with Gasteiger partial charge in [-0.2, -0.15) is 0 Å². The molecule has 0 radical (unpaired) electrons. The van der Waals surface area contributed by atoms with Gasteiger partial charge in [0, 0.05) is 13.7 Å². The Balaban J connectivity index is 2.32. The van der Waals surface area contributed by atoms with Gasteiger partial charge < -0.3 is 9.84 Å². The number of benzene rings is 1. The van der Waals surface area contributed by atoms with Crippen molar-refractivity contribution in [1.29, 1.82) is 0 Å². The molecule has 1 aromatic carbocycles. The first-order valence-corrected chi connectivity index (χ1v) is 4.54. The number of ether oxygens (including phenoxy) is 1. The number of hydrogen-bond donors (Lipinski definition) is 1. The Hall–Kier alpha value is -0.860. The van der Waals surface area contributed by atoms with Crippen molar-refractivity contribution in [2.45, 2.75) is 18.9 Å². The lowest BCUT2D eigenvalue weighted by atomic mass is 10.1. The van der Waals surface area contributed by atoms with Crippen LogP contribution in [0, 0.1) is 0 Å². The lowest BCUT2D eigenvalue weighted by Crippen LogP contribution is -2.12. The zero-order valence-electron chi connectivity index (χ0n) is 7.94. The van der Waals surface area contributed by atoms with E-state index in [0.717, 1.165) is 0 Å². The number of hydrogen-bond acceptors (Lipinski definition) is 2. The molecule has 2 heteroatoms. The molecule has 0 fully saturated rings. The maximum atomic E-state index is 9.55. The zero-order chi connectivity index (χ0) is 9.52. The van der Waals surface area contributed by atoms with Crippen molar-refractivity contribution in [2.24, 2.45) is 0 Å². The normalized spacial score (nSPS) is 12.8. The van der Waals surface area contributed by atoms with Crippen LogP contribution >= 0.6 is 0 Å². The predicted molar refractivity (Wildman–Crippen MR) is 52.6 cm³/mol. The van der Waals surface area contributed by atoms with Crippen molar-refractivity contribution >= 4 is 0 Å². The summed E-state index contributed by atoms with van der Waals surface area (Å²) < 4.78 is 4.89. The molecule has 0 aliphatic carbocycles. The van der Waals surface area contributed by atoms with Crippen LogP contribution in [-0.4, -0.2) is 24.9 Å². The minimum atomic E-state index is -0.289. The van der Waals surface area contributed by atoms with Gasteiger partial charge in [-0.05, 0) is 18.4 Å².